The monoisotopic (exact) mass is 397 g/mol. The van der Waals surface area contributed by atoms with Crippen molar-refractivity contribution in [1.82, 2.24) is 0 Å². The van der Waals surface area contributed by atoms with Crippen molar-refractivity contribution in [3.63, 3.8) is 0 Å². The Kier molecular flexibility index (Phi) is 14.1. The fourth-order valence-corrected chi connectivity index (χ4v) is 8.01. The lowest BCUT2D eigenvalue weighted by Crippen LogP contribution is -2.24. The molecule has 2 rings (SSSR count). The van der Waals surface area contributed by atoms with E-state index in [-0.39, 0.29) is 0 Å². The predicted molar refractivity (Wildman–Crippen MR) is 124 cm³/mol. The second-order valence-electron chi connectivity index (χ2n) is 9.16. The van der Waals surface area contributed by atoms with E-state index >= 15 is 0 Å². The van der Waals surface area contributed by atoms with Gasteiger partial charge in [0, 0.05) is 6.61 Å². The van der Waals surface area contributed by atoms with Crippen LogP contribution in [0.3, 0.4) is 0 Å². The number of hydrogen-bond acceptors (Lipinski definition) is 1. The summed E-state index contributed by atoms with van der Waals surface area (Å²) in [4.78, 5) is 0. The second kappa shape index (κ2) is 16.1. The molecule has 2 unspecified atom stereocenters. The molecule has 0 aromatic carbocycles. The smallest absolute Gasteiger partial charge is 0.118 e. The SMILES string of the molecule is CCC[S+](CCCCCCCCCCCCCC1CCCO1)C1CCCC1. The van der Waals surface area contributed by atoms with Gasteiger partial charge in [0.05, 0.1) is 6.10 Å². The molecule has 0 spiro atoms. The van der Waals surface area contributed by atoms with E-state index in [9.17, 15) is 0 Å². The van der Waals surface area contributed by atoms with E-state index in [0.717, 1.165) is 22.8 Å². The van der Waals surface area contributed by atoms with Crippen molar-refractivity contribution < 1.29 is 4.74 Å². The molecule has 0 aromatic heterocycles. The van der Waals surface area contributed by atoms with Crippen LogP contribution >= 0.6 is 0 Å². The van der Waals surface area contributed by atoms with Crippen molar-refractivity contribution in [2.45, 2.75) is 140 Å². The van der Waals surface area contributed by atoms with Gasteiger partial charge in [-0.2, -0.15) is 0 Å². The Labute approximate surface area is 174 Å². The maximum absolute atomic E-state index is 5.70. The summed E-state index contributed by atoms with van der Waals surface area (Å²) in [6.45, 7) is 3.41. The molecule has 2 heteroatoms. The van der Waals surface area contributed by atoms with Crippen LogP contribution in [-0.2, 0) is 15.6 Å². The van der Waals surface area contributed by atoms with E-state index in [1.807, 2.05) is 0 Å². The van der Waals surface area contributed by atoms with Gasteiger partial charge >= 0.3 is 0 Å². The van der Waals surface area contributed by atoms with Crippen molar-refractivity contribution in [1.29, 1.82) is 0 Å². The molecule has 0 radical (unpaired) electrons. The average Bonchev–Trinajstić information content (AvgIpc) is 3.38. The van der Waals surface area contributed by atoms with Crippen LogP contribution in [-0.4, -0.2) is 29.5 Å². The Bertz CT molecular complexity index is 320. The van der Waals surface area contributed by atoms with Gasteiger partial charge in [-0.3, -0.25) is 0 Å². The van der Waals surface area contributed by atoms with E-state index < -0.39 is 0 Å². The number of unbranched alkanes of at least 4 members (excludes halogenated alkanes) is 10. The first kappa shape index (κ1) is 23.6. The molecule has 2 fully saturated rings. The summed E-state index contributed by atoms with van der Waals surface area (Å²) in [5.74, 6) is 3.09. The second-order valence-corrected chi connectivity index (χ2v) is 11.7. The van der Waals surface area contributed by atoms with Crippen LogP contribution < -0.4 is 0 Å². The number of rotatable bonds is 17. The third-order valence-electron chi connectivity index (χ3n) is 6.70. The van der Waals surface area contributed by atoms with Crippen LogP contribution in [0.2, 0.25) is 0 Å². The highest BCUT2D eigenvalue weighted by molar-refractivity contribution is 7.97. The van der Waals surface area contributed by atoms with Crippen molar-refractivity contribution >= 4 is 10.9 Å². The summed E-state index contributed by atoms with van der Waals surface area (Å²) >= 11 is 0. The molecule has 160 valence electrons. The average molecular weight is 398 g/mol. The summed E-state index contributed by atoms with van der Waals surface area (Å²) in [6.07, 6.45) is 28.3. The number of ether oxygens (including phenoxy) is 1. The molecule has 27 heavy (non-hydrogen) atoms. The van der Waals surface area contributed by atoms with Crippen molar-refractivity contribution in [2.75, 3.05) is 18.1 Å². The molecule has 2 atom stereocenters. The lowest BCUT2D eigenvalue weighted by atomic mass is 10.0. The van der Waals surface area contributed by atoms with Crippen LogP contribution in [0.25, 0.3) is 0 Å². The van der Waals surface area contributed by atoms with Crippen molar-refractivity contribution in [3.8, 4) is 0 Å². The maximum atomic E-state index is 5.70. The third-order valence-corrected chi connectivity index (χ3v) is 9.86. The molecular formula is C25H49OS+. The molecule has 1 saturated heterocycles. The Morgan fingerprint density at radius 1 is 0.667 bits per heavy atom. The first-order valence-corrected chi connectivity index (χ1v) is 14.3. The van der Waals surface area contributed by atoms with Crippen LogP contribution in [0.1, 0.15) is 129 Å². The Balaban J connectivity index is 1.30. The molecular weight excluding hydrogens is 348 g/mol. The molecule has 0 aromatic rings. The lowest BCUT2D eigenvalue weighted by Gasteiger charge is -2.14. The summed E-state index contributed by atoms with van der Waals surface area (Å²) in [6, 6.07) is 0. The van der Waals surface area contributed by atoms with Gasteiger partial charge in [0.15, 0.2) is 0 Å². The molecule has 1 aliphatic carbocycles. The zero-order valence-corrected chi connectivity index (χ0v) is 19.3. The van der Waals surface area contributed by atoms with Gasteiger partial charge in [0.2, 0.25) is 0 Å². The zero-order chi connectivity index (χ0) is 19.0. The Hall–Kier alpha value is 0.310. The first-order chi connectivity index (χ1) is 13.4. The molecule has 0 amide bonds. The van der Waals surface area contributed by atoms with Gasteiger partial charge in [-0.15, -0.1) is 0 Å². The minimum absolute atomic E-state index is 0.612. The number of hydrogen-bond donors (Lipinski definition) is 0. The Morgan fingerprint density at radius 2 is 1.26 bits per heavy atom. The van der Waals surface area contributed by atoms with Crippen LogP contribution in [0.5, 0.6) is 0 Å². The fourth-order valence-electron chi connectivity index (χ4n) is 5.04. The minimum atomic E-state index is 0.612. The van der Waals surface area contributed by atoms with E-state index in [1.54, 1.807) is 18.6 Å². The van der Waals surface area contributed by atoms with E-state index in [0.29, 0.717) is 6.10 Å². The highest BCUT2D eigenvalue weighted by Gasteiger charge is 2.31. The van der Waals surface area contributed by atoms with Gasteiger partial charge < -0.3 is 4.74 Å². The minimum Gasteiger partial charge on any atom is -0.378 e. The van der Waals surface area contributed by atoms with Gasteiger partial charge in [0.25, 0.3) is 0 Å². The fraction of sp³-hybridized carbons (Fsp3) is 1.00. The molecule has 1 aliphatic heterocycles. The summed E-state index contributed by atoms with van der Waals surface area (Å²) < 4.78 is 5.70. The Morgan fingerprint density at radius 3 is 1.81 bits per heavy atom. The lowest BCUT2D eigenvalue weighted by molar-refractivity contribution is 0.102. The van der Waals surface area contributed by atoms with Gasteiger partial charge in [-0.05, 0) is 75.1 Å². The third kappa shape index (κ3) is 11.2. The van der Waals surface area contributed by atoms with Gasteiger partial charge in [-0.1, -0.05) is 64.7 Å². The normalized spacial score (nSPS) is 21.9. The quantitative estimate of drug-likeness (QED) is 0.179. The van der Waals surface area contributed by atoms with Crippen LogP contribution in [0.15, 0.2) is 0 Å². The first-order valence-electron chi connectivity index (χ1n) is 12.7. The zero-order valence-electron chi connectivity index (χ0n) is 18.5. The summed E-state index contributed by atoms with van der Waals surface area (Å²) in [5, 5.41) is 1.12. The molecule has 1 heterocycles. The standard InChI is InChI=1S/C25H49OS/c1-2-22-27(25-19-13-14-20-25)23-15-11-9-7-5-3-4-6-8-10-12-17-24-18-16-21-26-24/h24-25H,2-23H2,1H3/q+1. The molecule has 0 bridgehead atoms. The predicted octanol–water partition coefficient (Wildman–Crippen LogP) is 7.82. The maximum Gasteiger partial charge on any atom is 0.118 e. The van der Waals surface area contributed by atoms with Crippen molar-refractivity contribution in [3.05, 3.63) is 0 Å². The topological polar surface area (TPSA) is 9.23 Å². The highest BCUT2D eigenvalue weighted by atomic mass is 32.2. The highest BCUT2D eigenvalue weighted by Crippen LogP contribution is 2.28. The van der Waals surface area contributed by atoms with Crippen molar-refractivity contribution in [2.24, 2.45) is 0 Å². The molecule has 2 aliphatic rings. The van der Waals surface area contributed by atoms with E-state index in [1.165, 1.54) is 115 Å². The summed E-state index contributed by atoms with van der Waals surface area (Å²) in [5.41, 5.74) is 0. The van der Waals surface area contributed by atoms with Gasteiger partial charge in [-0.25, -0.2) is 0 Å². The van der Waals surface area contributed by atoms with E-state index in [4.69, 9.17) is 4.74 Å². The van der Waals surface area contributed by atoms with Crippen LogP contribution in [0.4, 0.5) is 0 Å². The van der Waals surface area contributed by atoms with E-state index in [2.05, 4.69) is 6.92 Å². The van der Waals surface area contributed by atoms with Gasteiger partial charge in [0.1, 0.15) is 16.8 Å². The largest absolute Gasteiger partial charge is 0.378 e. The molecule has 1 nitrogen and oxygen atoms in total. The molecule has 0 N–H and O–H groups in total. The summed E-state index contributed by atoms with van der Waals surface area (Å²) in [7, 11) is 0.777. The van der Waals surface area contributed by atoms with Crippen LogP contribution in [0, 0.1) is 0 Å². The molecule has 1 saturated carbocycles.